The summed E-state index contributed by atoms with van der Waals surface area (Å²) in [4.78, 5) is 24.1. The van der Waals surface area contributed by atoms with Gasteiger partial charge in [0.15, 0.2) is 28.8 Å². The Bertz CT molecular complexity index is 1100. The van der Waals surface area contributed by atoms with E-state index in [2.05, 4.69) is 5.32 Å². The van der Waals surface area contributed by atoms with Crippen molar-refractivity contribution >= 4 is 11.7 Å². The highest BCUT2D eigenvalue weighted by atomic mass is 19.1. The lowest BCUT2D eigenvalue weighted by molar-refractivity contribution is -0.122. The zero-order chi connectivity index (χ0) is 24.3. The molecule has 0 aliphatic heterocycles. The third-order valence-corrected chi connectivity index (χ3v) is 5.16. The summed E-state index contributed by atoms with van der Waals surface area (Å²) < 4.78 is 30.6. The van der Waals surface area contributed by atoms with Crippen LogP contribution < -0.4 is 19.5 Å². The molecule has 0 saturated heterocycles. The number of carbonyl (C=O) groups is 2. The SMILES string of the molecule is COc1cc(C(C)=O)ccc1OCCCC(=O)NC(COc1ccccc1F)c1ccccc1. The summed E-state index contributed by atoms with van der Waals surface area (Å²) in [5, 5.41) is 2.96. The van der Waals surface area contributed by atoms with Crippen LogP contribution in [0, 0.1) is 5.82 Å². The number of halogens is 1. The molecule has 0 fully saturated rings. The first kappa shape index (κ1) is 24.8. The van der Waals surface area contributed by atoms with Gasteiger partial charge in [-0.05, 0) is 49.2 Å². The fraction of sp³-hybridized carbons (Fsp3) is 0.259. The minimum Gasteiger partial charge on any atom is -0.493 e. The van der Waals surface area contributed by atoms with Crippen LogP contribution in [0.15, 0.2) is 72.8 Å². The monoisotopic (exact) mass is 465 g/mol. The van der Waals surface area contributed by atoms with E-state index in [0.717, 1.165) is 5.56 Å². The third kappa shape index (κ3) is 7.07. The van der Waals surface area contributed by atoms with Crippen LogP contribution in [-0.4, -0.2) is 32.0 Å². The molecule has 3 aromatic carbocycles. The van der Waals surface area contributed by atoms with Crippen LogP contribution >= 0.6 is 0 Å². The summed E-state index contributed by atoms with van der Waals surface area (Å²) in [7, 11) is 1.51. The molecule has 0 saturated carbocycles. The molecule has 0 bridgehead atoms. The molecule has 1 amide bonds. The number of hydrogen-bond acceptors (Lipinski definition) is 5. The van der Waals surface area contributed by atoms with Crippen molar-refractivity contribution in [2.75, 3.05) is 20.3 Å². The summed E-state index contributed by atoms with van der Waals surface area (Å²) in [6.45, 7) is 1.87. The maximum Gasteiger partial charge on any atom is 0.220 e. The Morgan fingerprint density at radius 3 is 2.35 bits per heavy atom. The van der Waals surface area contributed by atoms with E-state index >= 15 is 0 Å². The van der Waals surface area contributed by atoms with Crippen LogP contribution in [0.2, 0.25) is 0 Å². The molecule has 34 heavy (non-hydrogen) atoms. The Morgan fingerprint density at radius 2 is 1.65 bits per heavy atom. The number of hydrogen-bond donors (Lipinski definition) is 1. The van der Waals surface area contributed by atoms with Crippen molar-refractivity contribution in [1.29, 1.82) is 0 Å². The molecular formula is C27H28FNO5. The molecule has 1 unspecified atom stereocenters. The highest BCUT2D eigenvalue weighted by molar-refractivity contribution is 5.94. The van der Waals surface area contributed by atoms with Crippen LogP contribution in [0.3, 0.4) is 0 Å². The molecule has 0 radical (unpaired) electrons. The number of para-hydroxylation sites is 1. The number of nitrogens with one attached hydrogen (secondary N) is 1. The third-order valence-electron chi connectivity index (χ3n) is 5.16. The molecule has 0 aliphatic carbocycles. The minimum absolute atomic E-state index is 0.0616. The smallest absolute Gasteiger partial charge is 0.220 e. The average molecular weight is 466 g/mol. The highest BCUT2D eigenvalue weighted by Crippen LogP contribution is 2.28. The number of benzene rings is 3. The number of carbonyl (C=O) groups excluding carboxylic acids is 2. The zero-order valence-corrected chi connectivity index (χ0v) is 19.3. The van der Waals surface area contributed by atoms with Crippen molar-refractivity contribution in [1.82, 2.24) is 5.32 Å². The van der Waals surface area contributed by atoms with Crippen LogP contribution in [0.25, 0.3) is 0 Å². The van der Waals surface area contributed by atoms with Crippen LogP contribution in [0.1, 0.15) is 41.7 Å². The highest BCUT2D eigenvalue weighted by Gasteiger charge is 2.16. The van der Waals surface area contributed by atoms with Crippen molar-refractivity contribution in [2.45, 2.75) is 25.8 Å². The van der Waals surface area contributed by atoms with Gasteiger partial charge < -0.3 is 19.5 Å². The lowest BCUT2D eigenvalue weighted by Crippen LogP contribution is -2.32. The zero-order valence-electron chi connectivity index (χ0n) is 19.3. The Balaban J connectivity index is 1.53. The molecule has 7 heteroatoms. The Labute approximate surface area is 198 Å². The van der Waals surface area contributed by atoms with Crippen molar-refractivity contribution in [2.24, 2.45) is 0 Å². The Morgan fingerprint density at radius 1 is 0.912 bits per heavy atom. The van der Waals surface area contributed by atoms with Crippen LogP contribution in [-0.2, 0) is 4.79 Å². The van der Waals surface area contributed by atoms with Gasteiger partial charge in [0, 0.05) is 12.0 Å². The van der Waals surface area contributed by atoms with Crippen molar-refractivity contribution in [3.05, 3.63) is 89.7 Å². The van der Waals surface area contributed by atoms with Gasteiger partial charge in [-0.3, -0.25) is 9.59 Å². The largest absolute Gasteiger partial charge is 0.493 e. The Kier molecular flexibility index (Phi) is 9.03. The topological polar surface area (TPSA) is 73.9 Å². The molecule has 3 aromatic rings. The van der Waals surface area contributed by atoms with Crippen LogP contribution in [0.5, 0.6) is 17.2 Å². The van der Waals surface area contributed by atoms with Gasteiger partial charge in [-0.15, -0.1) is 0 Å². The molecule has 1 atom stereocenters. The van der Waals surface area contributed by atoms with Gasteiger partial charge in [0.25, 0.3) is 0 Å². The first-order chi connectivity index (χ1) is 16.5. The van der Waals surface area contributed by atoms with Gasteiger partial charge in [-0.2, -0.15) is 0 Å². The number of ether oxygens (including phenoxy) is 3. The second-order valence-corrected chi connectivity index (χ2v) is 7.65. The molecular weight excluding hydrogens is 437 g/mol. The summed E-state index contributed by atoms with van der Waals surface area (Å²) >= 11 is 0. The molecule has 1 N–H and O–H groups in total. The van der Waals surface area contributed by atoms with E-state index < -0.39 is 11.9 Å². The molecule has 0 aliphatic rings. The summed E-state index contributed by atoms with van der Waals surface area (Å²) in [6, 6.07) is 20.1. The van der Waals surface area contributed by atoms with Gasteiger partial charge in [-0.25, -0.2) is 4.39 Å². The average Bonchev–Trinajstić information content (AvgIpc) is 2.85. The first-order valence-electron chi connectivity index (χ1n) is 11.0. The lowest BCUT2D eigenvalue weighted by atomic mass is 10.1. The number of amides is 1. The quantitative estimate of drug-likeness (QED) is 0.296. The summed E-state index contributed by atoms with van der Waals surface area (Å²) in [5.41, 5.74) is 1.40. The maximum absolute atomic E-state index is 13.9. The van der Waals surface area contributed by atoms with Crippen molar-refractivity contribution < 1.29 is 28.2 Å². The number of methoxy groups -OCH3 is 1. The summed E-state index contributed by atoms with van der Waals surface area (Å²) in [5.74, 6) is 0.419. The maximum atomic E-state index is 13.9. The van der Waals surface area contributed by atoms with Gasteiger partial charge in [0.2, 0.25) is 5.91 Å². The molecule has 6 nitrogen and oxygen atoms in total. The van der Waals surface area contributed by atoms with Crippen LogP contribution in [0.4, 0.5) is 4.39 Å². The summed E-state index contributed by atoms with van der Waals surface area (Å²) in [6.07, 6.45) is 0.704. The second kappa shape index (κ2) is 12.4. The molecule has 0 heterocycles. The molecule has 0 aromatic heterocycles. The number of rotatable bonds is 12. The number of Topliss-reactive ketones (excluding diaryl/α,β-unsaturated/α-hetero) is 1. The van der Waals surface area contributed by atoms with E-state index in [0.29, 0.717) is 30.1 Å². The van der Waals surface area contributed by atoms with Gasteiger partial charge in [0.1, 0.15) is 6.61 Å². The normalized spacial score (nSPS) is 11.4. The standard InChI is InChI=1S/C27H28FNO5/c1-19(30)21-14-15-25(26(17-21)32-2)33-16-8-13-27(31)29-23(20-9-4-3-5-10-20)18-34-24-12-7-6-11-22(24)28/h3-7,9-12,14-15,17,23H,8,13,16,18H2,1-2H3,(H,29,31). The van der Waals surface area contributed by atoms with Crippen molar-refractivity contribution in [3.8, 4) is 17.2 Å². The predicted molar refractivity (Wildman–Crippen MR) is 127 cm³/mol. The number of ketones is 1. The van der Waals surface area contributed by atoms with E-state index in [1.54, 1.807) is 36.4 Å². The lowest BCUT2D eigenvalue weighted by Gasteiger charge is -2.20. The van der Waals surface area contributed by atoms with E-state index in [1.807, 2.05) is 30.3 Å². The predicted octanol–water partition coefficient (Wildman–Crippen LogP) is 5.13. The second-order valence-electron chi connectivity index (χ2n) is 7.65. The first-order valence-corrected chi connectivity index (χ1v) is 11.0. The fourth-order valence-electron chi connectivity index (χ4n) is 3.33. The van der Waals surface area contributed by atoms with Gasteiger partial charge in [-0.1, -0.05) is 42.5 Å². The van der Waals surface area contributed by atoms with E-state index in [9.17, 15) is 14.0 Å². The van der Waals surface area contributed by atoms with E-state index in [-0.39, 0.29) is 30.5 Å². The van der Waals surface area contributed by atoms with Gasteiger partial charge >= 0.3 is 0 Å². The fourth-order valence-corrected chi connectivity index (χ4v) is 3.33. The van der Waals surface area contributed by atoms with Crippen molar-refractivity contribution in [3.63, 3.8) is 0 Å². The molecule has 178 valence electrons. The minimum atomic E-state index is -0.454. The molecule has 0 spiro atoms. The van der Waals surface area contributed by atoms with E-state index in [1.165, 1.54) is 20.1 Å². The molecule has 3 rings (SSSR count). The Hall–Kier alpha value is -3.87. The van der Waals surface area contributed by atoms with Gasteiger partial charge in [0.05, 0.1) is 19.8 Å². The van der Waals surface area contributed by atoms with E-state index in [4.69, 9.17) is 14.2 Å².